The molecular weight excluding hydrogens is 1870 g/mol. The van der Waals surface area contributed by atoms with Crippen molar-refractivity contribution in [2.75, 3.05) is 68.3 Å². The smallest absolute Gasteiger partial charge is 0.406 e. The number of aromatic nitrogens is 8. The normalized spacial score (nSPS) is 32.2. The molecular formula is C71H110Cl4N16O31P4S. The van der Waals surface area contributed by atoms with Crippen molar-refractivity contribution >= 4 is 141 Å². The number of rotatable bonds is 29. The van der Waals surface area contributed by atoms with E-state index in [1.807, 2.05) is 0 Å². The monoisotopic (exact) mass is 1980 g/mol. The van der Waals surface area contributed by atoms with Gasteiger partial charge in [-0.15, -0.1) is 46.4 Å². The van der Waals surface area contributed by atoms with E-state index in [0.717, 1.165) is 16.3 Å². The molecule has 56 heteroatoms. The maximum atomic E-state index is 13.6. The topological polar surface area (TPSA) is 634 Å². The standard InChI is InChI=1S/C23H38ClN4O10PS.3C16H24ClN4O7P/c1-13(2)37-18(31)14(3)27-39(34,35-9-10-40-20(32)22(4,5)12-29)36-11-15-17(30)23(6,24)19(38-15)28-8-7-16(25)26-21(28)33;3*1-8(2)26-13(22)9(3)20-29(24)25-7-10-12(28-29)16(4,17)14(27-10)21-6-5-11(18)19-15(21)23/h7-8,13-15,17,19,29-30H,9-12H2,1-6H3,(H,27,34)(H2,25,26,33);3*5-6,8-10,12,14H,7H2,1-4H3,(H,20,24)(H2,18,19,23)/t14-,15-,17-,19-,23-,39?;9-,10-,12-,14-,16-,29?;9-,10-,12-,14-,16-,29+;9-,10-,12-,14-,16-,29-/m1111/s1. The van der Waals surface area contributed by atoms with Gasteiger partial charge >= 0.3 is 77.6 Å². The number of aliphatic hydroxyl groups is 2. The van der Waals surface area contributed by atoms with Gasteiger partial charge in [0.1, 0.15) is 116 Å². The fourth-order valence-electron chi connectivity index (χ4n) is 12.9. The lowest BCUT2D eigenvalue weighted by Gasteiger charge is -2.36. The molecule has 7 saturated heterocycles. The van der Waals surface area contributed by atoms with E-state index in [-0.39, 0.29) is 85.5 Å². The highest BCUT2D eigenvalue weighted by atomic mass is 35.5. The van der Waals surface area contributed by atoms with Crippen molar-refractivity contribution in [3.05, 3.63) is 91.0 Å². The third kappa shape index (κ3) is 26.7. The molecule has 0 aromatic carbocycles. The van der Waals surface area contributed by atoms with Crippen LogP contribution in [0.1, 0.15) is 150 Å². The molecule has 4 aromatic heterocycles. The van der Waals surface area contributed by atoms with Crippen molar-refractivity contribution in [3.8, 4) is 0 Å². The minimum atomic E-state index is -4.27. The summed E-state index contributed by atoms with van der Waals surface area (Å²) in [5, 5.41) is 30.1. The fourth-order valence-corrected chi connectivity index (χ4v) is 22.1. The van der Waals surface area contributed by atoms with Crippen LogP contribution in [0.5, 0.6) is 0 Å². The highest BCUT2D eigenvalue weighted by Gasteiger charge is 2.64. The quantitative estimate of drug-likeness (QED) is 0.0113. The summed E-state index contributed by atoms with van der Waals surface area (Å²) in [5.74, 6) is -2.26. The number of ether oxygens (including phenoxy) is 8. The minimum Gasteiger partial charge on any atom is -0.462 e. The van der Waals surface area contributed by atoms with E-state index in [2.05, 4.69) is 40.3 Å². The molecule has 0 radical (unpaired) electrons. The molecule has 0 saturated carbocycles. The number of alkyl halides is 4. The van der Waals surface area contributed by atoms with E-state index in [1.54, 1.807) is 90.0 Å². The number of nitrogens with one attached hydrogen (secondary N) is 4. The molecule has 4 aromatic rings. The van der Waals surface area contributed by atoms with Crippen molar-refractivity contribution in [1.82, 2.24) is 58.6 Å². The Labute approximate surface area is 753 Å². The Hall–Kier alpha value is -6.02. The summed E-state index contributed by atoms with van der Waals surface area (Å²) >= 11 is 27.5. The number of carbonyl (C=O) groups excluding carboxylic acids is 5. The van der Waals surface area contributed by atoms with E-state index in [9.17, 15) is 71.6 Å². The lowest BCUT2D eigenvalue weighted by Crippen LogP contribution is -2.47. The summed E-state index contributed by atoms with van der Waals surface area (Å²) in [7, 11) is -15.9. The number of anilines is 4. The summed E-state index contributed by atoms with van der Waals surface area (Å²) in [6.07, 6.45) is -7.20. The van der Waals surface area contributed by atoms with Gasteiger partial charge in [-0.2, -0.15) is 19.9 Å². The zero-order valence-corrected chi connectivity index (χ0v) is 79.9. The Morgan fingerprint density at radius 1 is 0.512 bits per heavy atom. The Bertz CT molecular complexity index is 4700. The Morgan fingerprint density at radius 3 is 1.07 bits per heavy atom. The van der Waals surface area contributed by atoms with Gasteiger partial charge in [-0.1, -0.05) is 11.8 Å². The van der Waals surface area contributed by atoms with Crippen LogP contribution in [-0.4, -0.2) is 240 Å². The number of nitrogen functional groups attached to an aromatic ring is 4. The molecule has 24 atom stereocenters. The molecule has 7 aliphatic heterocycles. The summed E-state index contributed by atoms with van der Waals surface area (Å²) in [4.78, 5) is 119. The van der Waals surface area contributed by atoms with Crippen molar-refractivity contribution < 1.29 is 127 Å². The van der Waals surface area contributed by atoms with Crippen molar-refractivity contribution in [1.29, 1.82) is 0 Å². The van der Waals surface area contributed by atoms with E-state index < -0.39 is 213 Å². The molecule has 0 aliphatic carbocycles. The van der Waals surface area contributed by atoms with Crippen molar-refractivity contribution in [2.24, 2.45) is 5.41 Å². The number of nitrogens with two attached hydrogens (primary N) is 4. The number of fused-ring (bicyclic) bond motifs is 3. The first-order valence-electron chi connectivity index (χ1n) is 39.5. The number of carbonyl (C=O) groups is 5. The van der Waals surface area contributed by atoms with Gasteiger partial charge in [0.05, 0.1) is 69.5 Å². The first kappa shape index (κ1) is 106. The maximum absolute atomic E-state index is 13.6. The Balaban J connectivity index is 0.000000211. The summed E-state index contributed by atoms with van der Waals surface area (Å²) in [6.45, 7) is 27.3. The first-order chi connectivity index (χ1) is 58.7. The third-order valence-corrected chi connectivity index (χ3v) is 28.9. The molecule has 47 nitrogen and oxygen atoms in total. The third-order valence-electron chi connectivity index (χ3n) is 19.3. The second-order valence-electron chi connectivity index (χ2n) is 32.4. The second-order valence-corrected chi connectivity index (χ2v) is 43.7. The number of esters is 4. The highest BCUT2D eigenvalue weighted by molar-refractivity contribution is 8.13. The van der Waals surface area contributed by atoms with Gasteiger partial charge in [0, 0.05) is 30.5 Å². The molecule has 11 rings (SSSR count). The SMILES string of the molecule is CC(C)OC(=O)[C@@H](C)NP(=O)(OCCSC(=O)C(C)(C)CO)OC[C@H]1O[C@@H](n2ccc(N)nc2=O)[C@](C)(Cl)[C@@H]1O.CC(C)OC(=O)[C@@H](C)NP1(=O)OC[C@H]2O[C@@H](n3ccc(N)nc3=O)[C@](C)(Cl)[C@@H]2O1.CC(C)OC(=O)[C@@H](C)N[P@@]1(=O)OC[C@H]2O[C@@H](n3ccc(N)nc3=O)[C@](C)(Cl)[C@@H]2O1.CC(C)OC(=O)[C@@H](C)N[P@]1(=O)OC[C@H]2O[C@@H](n3ccc(N)nc3=O)[C@](C)(Cl)[C@@H]2O1. The van der Waals surface area contributed by atoms with Gasteiger partial charge in [0.25, 0.3) is 0 Å². The Kier molecular flexibility index (Phi) is 35.9. The average Bonchev–Trinajstić information content (AvgIpc) is 1.61. The number of nitrogens with zero attached hydrogens (tertiary/aromatic N) is 8. The van der Waals surface area contributed by atoms with Crippen LogP contribution in [0, 0.1) is 5.41 Å². The van der Waals surface area contributed by atoms with Crippen LogP contribution < -0.4 is 66.0 Å². The van der Waals surface area contributed by atoms with E-state index in [4.69, 9.17) is 143 Å². The van der Waals surface area contributed by atoms with Gasteiger partial charge < -0.3 is 71.0 Å². The largest absolute Gasteiger partial charge is 0.462 e. The number of hydrogen-bond acceptors (Lipinski definition) is 40. The van der Waals surface area contributed by atoms with Crippen LogP contribution in [0.15, 0.2) is 68.2 Å². The molecule has 11 heterocycles. The Morgan fingerprint density at radius 2 is 0.795 bits per heavy atom. The number of hydrogen-bond donors (Lipinski definition) is 10. The van der Waals surface area contributed by atoms with Crippen LogP contribution in [0.2, 0.25) is 0 Å². The summed E-state index contributed by atoms with van der Waals surface area (Å²) < 4.78 is 145. The van der Waals surface area contributed by atoms with Crippen LogP contribution in [-0.2, 0) is 116 Å². The van der Waals surface area contributed by atoms with Crippen LogP contribution in [0.4, 0.5) is 23.3 Å². The summed E-state index contributed by atoms with van der Waals surface area (Å²) in [5.41, 5.74) is 18.4. The van der Waals surface area contributed by atoms with E-state index >= 15 is 0 Å². The lowest BCUT2D eigenvalue weighted by atomic mass is 9.97. The zero-order chi connectivity index (χ0) is 95.1. The van der Waals surface area contributed by atoms with Gasteiger partial charge in [-0.05, 0) is 149 Å². The predicted octanol–water partition coefficient (Wildman–Crippen LogP) is 4.95. The number of halogens is 4. The molecule has 0 amide bonds. The second kappa shape index (κ2) is 42.9. The average molecular weight is 1980 g/mol. The fraction of sp³-hybridized carbons (Fsp3) is 0.704. The molecule has 2 unspecified atom stereocenters. The van der Waals surface area contributed by atoms with Gasteiger partial charge in [-0.3, -0.25) is 78.4 Å². The maximum Gasteiger partial charge on any atom is 0.406 e. The van der Waals surface area contributed by atoms with Crippen molar-refractivity contribution in [3.63, 3.8) is 0 Å². The van der Waals surface area contributed by atoms with Gasteiger partial charge in [0.2, 0.25) is 0 Å². The summed E-state index contributed by atoms with van der Waals surface area (Å²) in [6, 6.07) is 1.73. The molecule has 0 bridgehead atoms. The lowest BCUT2D eigenvalue weighted by molar-refractivity contribution is -0.150. The molecule has 7 aliphatic rings. The molecule has 0 spiro atoms. The van der Waals surface area contributed by atoms with Crippen LogP contribution in [0.25, 0.3) is 0 Å². The van der Waals surface area contributed by atoms with E-state index in [1.165, 1.54) is 97.4 Å². The first-order valence-corrected chi connectivity index (χ1v) is 48.2. The molecule has 7 fully saturated rings. The van der Waals surface area contributed by atoms with Crippen molar-refractivity contribution in [2.45, 2.75) is 266 Å². The molecule has 14 N–H and O–H groups in total. The minimum absolute atomic E-state index is 0.00924. The van der Waals surface area contributed by atoms with Gasteiger partial charge in [-0.25, -0.2) is 57.8 Å². The molecule has 714 valence electrons. The van der Waals surface area contributed by atoms with Crippen LogP contribution >= 0.6 is 89.2 Å². The number of thioether (sulfide) groups is 1. The molecule has 127 heavy (non-hydrogen) atoms. The number of aliphatic hydroxyl groups excluding tert-OH is 2. The van der Waals surface area contributed by atoms with Crippen LogP contribution in [0.3, 0.4) is 0 Å². The van der Waals surface area contributed by atoms with Gasteiger partial charge in [0.15, 0.2) is 30.0 Å². The van der Waals surface area contributed by atoms with E-state index in [0.29, 0.717) is 0 Å². The predicted molar refractivity (Wildman–Crippen MR) is 459 cm³/mol. The zero-order valence-electron chi connectivity index (χ0n) is 72.4. The highest BCUT2D eigenvalue weighted by Crippen LogP contribution is 2.61.